The Kier molecular flexibility index (Phi) is 6.74. The average Bonchev–Trinajstić information content (AvgIpc) is 2.24. The van der Waals surface area contributed by atoms with Crippen LogP contribution in [0.25, 0.3) is 0 Å². The van der Waals surface area contributed by atoms with E-state index in [1.807, 2.05) is 0 Å². The molecule has 0 amide bonds. The average molecular weight is 300 g/mol. The third-order valence-electron chi connectivity index (χ3n) is 2.42. The van der Waals surface area contributed by atoms with Crippen LogP contribution in [0.2, 0.25) is 5.02 Å². The predicted molar refractivity (Wildman–Crippen MR) is 70.1 cm³/mol. The fourth-order valence-electron chi connectivity index (χ4n) is 1.51. The Bertz CT molecular complexity index is 405. The molecule has 1 aromatic rings. The van der Waals surface area contributed by atoms with Crippen LogP contribution in [0.5, 0.6) is 0 Å². The first-order chi connectivity index (χ1) is 7.88. The zero-order valence-electron chi connectivity index (χ0n) is 9.51. The van der Waals surface area contributed by atoms with E-state index in [2.05, 4.69) is 6.58 Å². The zero-order valence-corrected chi connectivity index (χ0v) is 11.1. The number of alkyl halides is 3. The molecule has 0 spiro atoms. The zero-order chi connectivity index (χ0) is 13.1. The Hall–Kier alpha value is -0.710. The highest BCUT2D eigenvalue weighted by Gasteiger charge is 2.34. The molecular formula is C12H14Cl2F3N. The summed E-state index contributed by atoms with van der Waals surface area (Å²) in [5.74, 6) is 0. The van der Waals surface area contributed by atoms with Gasteiger partial charge in [-0.15, -0.1) is 19.0 Å². The van der Waals surface area contributed by atoms with Crippen molar-refractivity contribution < 1.29 is 13.2 Å². The number of halogens is 5. The molecule has 2 N–H and O–H groups in total. The van der Waals surface area contributed by atoms with Gasteiger partial charge in [-0.25, -0.2) is 0 Å². The standard InChI is InChI=1S/C12H13ClF3N.ClH/c1-2-3-7-10(17)8-5-4-6-9(11(8)13)12(14,15)16;/h2,4-6,10H,1,3,7,17H2;1H/t10-;/m0./s1. The number of benzene rings is 1. The number of hydrogen-bond donors (Lipinski definition) is 1. The van der Waals surface area contributed by atoms with Crippen molar-refractivity contribution in [2.45, 2.75) is 25.1 Å². The van der Waals surface area contributed by atoms with Crippen LogP contribution in [0.15, 0.2) is 30.9 Å². The van der Waals surface area contributed by atoms with E-state index in [-0.39, 0.29) is 17.4 Å². The molecule has 0 fully saturated rings. The molecule has 6 heteroatoms. The monoisotopic (exact) mass is 299 g/mol. The van der Waals surface area contributed by atoms with Crippen LogP contribution < -0.4 is 5.73 Å². The van der Waals surface area contributed by atoms with E-state index in [0.29, 0.717) is 18.4 Å². The summed E-state index contributed by atoms with van der Waals surface area (Å²) < 4.78 is 37.8. The lowest BCUT2D eigenvalue weighted by molar-refractivity contribution is -0.137. The first-order valence-corrected chi connectivity index (χ1v) is 5.47. The highest BCUT2D eigenvalue weighted by molar-refractivity contribution is 6.32. The van der Waals surface area contributed by atoms with Gasteiger partial charge in [0.1, 0.15) is 0 Å². The molecule has 0 aliphatic carbocycles. The normalized spacial score (nSPS) is 12.7. The van der Waals surface area contributed by atoms with E-state index in [1.54, 1.807) is 6.08 Å². The lowest BCUT2D eigenvalue weighted by Crippen LogP contribution is -2.13. The van der Waals surface area contributed by atoms with Crippen LogP contribution in [0.1, 0.15) is 30.0 Å². The van der Waals surface area contributed by atoms with Gasteiger partial charge >= 0.3 is 6.18 Å². The van der Waals surface area contributed by atoms with E-state index in [9.17, 15) is 13.2 Å². The van der Waals surface area contributed by atoms with E-state index in [0.717, 1.165) is 6.07 Å². The first-order valence-electron chi connectivity index (χ1n) is 5.10. The van der Waals surface area contributed by atoms with Crippen molar-refractivity contribution in [3.63, 3.8) is 0 Å². The summed E-state index contributed by atoms with van der Waals surface area (Å²) in [5.41, 5.74) is 5.28. The highest BCUT2D eigenvalue weighted by atomic mass is 35.5. The molecular weight excluding hydrogens is 286 g/mol. The summed E-state index contributed by atoms with van der Waals surface area (Å²) >= 11 is 5.74. The Morgan fingerprint density at radius 1 is 1.39 bits per heavy atom. The minimum atomic E-state index is -4.45. The van der Waals surface area contributed by atoms with Crippen molar-refractivity contribution in [2.75, 3.05) is 0 Å². The van der Waals surface area contributed by atoms with Gasteiger partial charge in [0.05, 0.1) is 10.6 Å². The molecule has 1 rings (SSSR count). The van der Waals surface area contributed by atoms with Gasteiger partial charge in [-0.3, -0.25) is 0 Å². The van der Waals surface area contributed by atoms with Crippen LogP contribution in [0.4, 0.5) is 13.2 Å². The molecule has 0 saturated heterocycles. The molecule has 1 atom stereocenters. The summed E-state index contributed by atoms with van der Waals surface area (Å²) in [6.45, 7) is 3.54. The van der Waals surface area contributed by atoms with Crippen molar-refractivity contribution in [3.05, 3.63) is 47.0 Å². The van der Waals surface area contributed by atoms with Crippen molar-refractivity contribution in [2.24, 2.45) is 5.73 Å². The predicted octanol–water partition coefficient (Wildman–Crippen LogP) is 4.75. The molecule has 1 aromatic carbocycles. The van der Waals surface area contributed by atoms with E-state index in [1.165, 1.54) is 12.1 Å². The number of allylic oxidation sites excluding steroid dienone is 1. The van der Waals surface area contributed by atoms with Gasteiger partial charge in [0.15, 0.2) is 0 Å². The molecule has 0 saturated carbocycles. The van der Waals surface area contributed by atoms with E-state index in [4.69, 9.17) is 17.3 Å². The molecule has 0 unspecified atom stereocenters. The van der Waals surface area contributed by atoms with Crippen molar-refractivity contribution in [1.82, 2.24) is 0 Å². The van der Waals surface area contributed by atoms with Gasteiger partial charge in [-0.05, 0) is 24.5 Å². The highest BCUT2D eigenvalue weighted by Crippen LogP contribution is 2.38. The van der Waals surface area contributed by atoms with Crippen LogP contribution in [0, 0.1) is 0 Å². The summed E-state index contributed by atoms with van der Waals surface area (Å²) in [6, 6.07) is 3.28. The van der Waals surface area contributed by atoms with Gasteiger partial charge in [-0.1, -0.05) is 29.8 Å². The smallest absolute Gasteiger partial charge is 0.324 e. The van der Waals surface area contributed by atoms with Gasteiger partial charge in [-0.2, -0.15) is 13.2 Å². The number of nitrogens with two attached hydrogens (primary N) is 1. The third kappa shape index (κ3) is 4.19. The quantitative estimate of drug-likeness (QED) is 0.798. The lowest BCUT2D eigenvalue weighted by atomic mass is 10.0. The molecule has 1 nitrogen and oxygen atoms in total. The summed E-state index contributed by atoms with van der Waals surface area (Å²) in [6.07, 6.45) is -1.63. The lowest BCUT2D eigenvalue weighted by Gasteiger charge is -2.16. The van der Waals surface area contributed by atoms with Crippen LogP contribution in [-0.2, 0) is 6.18 Å². The van der Waals surface area contributed by atoms with Crippen molar-refractivity contribution in [3.8, 4) is 0 Å². The Morgan fingerprint density at radius 2 is 2.00 bits per heavy atom. The molecule has 0 bridgehead atoms. The maximum Gasteiger partial charge on any atom is 0.417 e. The summed E-state index contributed by atoms with van der Waals surface area (Å²) in [7, 11) is 0. The topological polar surface area (TPSA) is 26.0 Å². The van der Waals surface area contributed by atoms with Gasteiger partial charge < -0.3 is 5.73 Å². The van der Waals surface area contributed by atoms with Gasteiger partial charge in [0, 0.05) is 6.04 Å². The fraction of sp³-hybridized carbons (Fsp3) is 0.333. The fourth-order valence-corrected chi connectivity index (χ4v) is 1.88. The molecule has 18 heavy (non-hydrogen) atoms. The Morgan fingerprint density at radius 3 is 2.50 bits per heavy atom. The second-order valence-electron chi connectivity index (χ2n) is 3.68. The second kappa shape index (κ2) is 7.02. The Balaban J connectivity index is 0.00000289. The first kappa shape index (κ1) is 17.3. The Labute approximate surface area is 115 Å². The second-order valence-corrected chi connectivity index (χ2v) is 4.06. The maximum atomic E-state index is 12.6. The molecule has 0 aliphatic rings. The van der Waals surface area contributed by atoms with Crippen molar-refractivity contribution in [1.29, 1.82) is 0 Å². The van der Waals surface area contributed by atoms with E-state index < -0.39 is 17.8 Å². The van der Waals surface area contributed by atoms with Gasteiger partial charge in [0.2, 0.25) is 0 Å². The summed E-state index contributed by atoms with van der Waals surface area (Å²) in [5, 5.41) is -0.309. The number of hydrogen-bond acceptors (Lipinski definition) is 1. The van der Waals surface area contributed by atoms with E-state index >= 15 is 0 Å². The third-order valence-corrected chi connectivity index (χ3v) is 2.84. The largest absolute Gasteiger partial charge is 0.417 e. The van der Waals surface area contributed by atoms with Crippen LogP contribution >= 0.6 is 24.0 Å². The SMILES string of the molecule is C=CCC[C@H](N)c1cccc(C(F)(F)F)c1Cl.Cl. The molecule has 0 aliphatic heterocycles. The molecule has 102 valence electrons. The van der Waals surface area contributed by atoms with Gasteiger partial charge in [0.25, 0.3) is 0 Å². The molecule has 0 radical (unpaired) electrons. The maximum absolute atomic E-state index is 12.6. The van der Waals surface area contributed by atoms with Crippen LogP contribution in [0.3, 0.4) is 0 Å². The number of rotatable bonds is 4. The molecule has 0 aromatic heterocycles. The minimum absolute atomic E-state index is 0. The summed E-state index contributed by atoms with van der Waals surface area (Å²) in [4.78, 5) is 0. The molecule has 0 heterocycles. The van der Waals surface area contributed by atoms with Crippen LogP contribution in [-0.4, -0.2) is 0 Å². The minimum Gasteiger partial charge on any atom is -0.324 e. The van der Waals surface area contributed by atoms with Crippen molar-refractivity contribution >= 4 is 24.0 Å².